The van der Waals surface area contributed by atoms with Crippen LogP contribution in [0.3, 0.4) is 0 Å². The molecule has 0 radical (unpaired) electrons. The Bertz CT molecular complexity index is 599. The lowest BCUT2D eigenvalue weighted by Crippen LogP contribution is -2.23. The van der Waals surface area contributed by atoms with E-state index in [0.29, 0.717) is 24.3 Å². The van der Waals surface area contributed by atoms with E-state index in [4.69, 9.17) is 0 Å². The smallest absolute Gasteiger partial charge is 0.159 e. The van der Waals surface area contributed by atoms with Crippen molar-refractivity contribution in [3.8, 4) is 0 Å². The molecule has 0 amide bonds. The Hall–Kier alpha value is -2.23. The summed E-state index contributed by atoms with van der Waals surface area (Å²) in [5.74, 6) is -0.515. The van der Waals surface area contributed by atoms with Crippen molar-refractivity contribution in [2.75, 3.05) is 11.4 Å². The highest BCUT2D eigenvalue weighted by Gasteiger charge is 2.12. The number of pyridine rings is 1. The number of carbonyl (C=O) groups excluding carboxylic acids is 1. The third kappa shape index (κ3) is 3.20. The number of halogens is 1. The van der Waals surface area contributed by atoms with Gasteiger partial charge in [0.05, 0.1) is 17.9 Å². The number of anilines is 1. The van der Waals surface area contributed by atoms with Crippen LogP contribution in [0.5, 0.6) is 0 Å². The zero-order valence-electron chi connectivity index (χ0n) is 11.6. The van der Waals surface area contributed by atoms with E-state index < -0.39 is 0 Å². The molecule has 0 aliphatic carbocycles. The van der Waals surface area contributed by atoms with Gasteiger partial charge in [0.25, 0.3) is 0 Å². The van der Waals surface area contributed by atoms with E-state index in [1.54, 1.807) is 18.3 Å². The van der Waals surface area contributed by atoms with Gasteiger partial charge in [0.1, 0.15) is 5.82 Å². The first-order chi connectivity index (χ1) is 9.61. The number of Topliss-reactive ketones (excluding diaryl/α,β-unsaturated/α-hetero) is 1. The lowest BCUT2D eigenvalue weighted by Gasteiger charge is -2.23. The summed E-state index contributed by atoms with van der Waals surface area (Å²) in [7, 11) is 0. The molecule has 0 atom stereocenters. The van der Waals surface area contributed by atoms with Gasteiger partial charge in [-0.1, -0.05) is 6.07 Å². The molecule has 1 aromatic heterocycles. The molecule has 0 fully saturated rings. The normalized spacial score (nSPS) is 10.3. The molecule has 20 heavy (non-hydrogen) atoms. The summed E-state index contributed by atoms with van der Waals surface area (Å²) in [5.41, 5.74) is 1.76. The Balaban J connectivity index is 2.26. The van der Waals surface area contributed by atoms with Crippen LogP contribution in [0.2, 0.25) is 0 Å². The van der Waals surface area contributed by atoms with Crippen molar-refractivity contribution in [1.82, 2.24) is 4.98 Å². The van der Waals surface area contributed by atoms with Gasteiger partial charge in [0.15, 0.2) is 5.78 Å². The quantitative estimate of drug-likeness (QED) is 0.782. The van der Waals surface area contributed by atoms with Gasteiger partial charge in [-0.2, -0.15) is 0 Å². The summed E-state index contributed by atoms with van der Waals surface area (Å²) in [6.07, 6.45) is 1.72. The van der Waals surface area contributed by atoms with Crippen LogP contribution in [-0.2, 0) is 6.54 Å². The number of hydrogen-bond donors (Lipinski definition) is 0. The second-order valence-corrected chi connectivity index (χ2v) is 4.56. The first-order valence-electron chi connectivity index (χ1n) is 6.57. The zero-order valence-corrected chi connectivity index (χ0v) is 11.6. The number of rotatable bonds is 5. The molecule has 0 bridgehead atoms. The number of ketones is 1. The number of carbonyl (C=O) groups is 1. The second-order valence-electron chi connectivity index (χ2n) is 4.56. The molecule has 1 heterocycles. The van der Waals surface area contributed by atoms with Crippen LogP contribution in [0.25, 0.3) is 0 Å². The standard InChI is InChI=1S/C16H17FN2O/c1-3-19(11-14-6-4-5-9-18-14)16-8-7-13(12(2)20)10-15(16)17/h4-10H,3,11H2,1-2H3. The highest BCUT2D eigenvalue weighted by Crippen LogP contribution is 2.22. The van der Waals surface area contributed by atoms with Gasteiger partial charge >= 0.3 is 0 Å². The highest BCUT2D eigenvalue weighted by molar-refractivity contribution is 5.94. The Kier molecular flexibility index (Phi) is 4.45. The molecule has 0 spiro atoms. The monoisotopic (exact) mass is 272 g/mol. The van der Waals surface area contributed by atoms with Crippen molar-refractivity contribution in [2.24, 2.45) is 0 Å². The molecule has 0 unspecified atom stereocenters. The average Bonchev–Trinajstić information content (AvgIpc) is 2.46. The molecule has 4 heteroatoms. The SMILES string of the molecule is CCN(Cc1ccccn1)c1ccc(C(C)=O)cc1F. The Morgan fingerprint density at radius 2 is 2.10 bits per heavy atom. The van der Waals surface area contributed by atoms with Crippen molar-refractivity contribution in [2.45, 2.75) is 20.4 Å². The van der Waals surface area contributed by atoms with Gasteiger partial charge in [-0.25, -0.2) is 4.39 Å². The topological polar surface area (TPSA) is 33.2 Å². The number of hydrogen-bond acceptors (Lipinski definition) is 3. The summed E-state index contributed by atoms with van der Waals surface area (Å²) in [4.78, 5) is 17.4. The van der Waals surface area contributed by atoms with Crippen LogP contribution in [0.15, 0.2) is 42.6 Å². The predicted molar refractivity (Wildman–Crippen MR) is 77.4 cm³/mol. The first kappa shape index (κ1) is 14.2. The van der Waals surface area contributed by atoms with Crippen LogP contribution in [-0.4, -0.2) is 17.3 Å². The maximum absolute atomic E-state index is 14.1. The molecule has 1 aromatic carbocycles. The minimum atomic E-state index is -0.379. The summed E-state index contributed by atoms with van der Waals surface area (Å²) in [6.45, 7) is 4.59. The maximum atomic E-state index is 14.1. The molecule has 104 valence electrons. The maximum Gasteiger partial charge on any atom is 0.159 e. The van der Waals surface area contributed by atoms with Crippen molar-refractivity contribution in [3.63, 3.8) is 0 Å². The fourth-order valence-electron chi connectivity index (χ4n) is 2.04. The number of benzene rings is 1. The fourth-order valence-corrected chi connectivity index (χ4v) is 2.04. The Morgan fingerprint density at radius 3 is 2.65 bits per heavy atom. The van der Waals surface area contributed by atoms with E-state index in [9.17, 15) is 9.18 Å². The number of aromatic nitrogens is 1. The molecule has 2 rings (SSSR count). The molecule has 0 N–H and O–H groups in total. The third-order valence-electron chi connectivity index (χ3n) is 3.16. The summed E-state index contributed by atoms with van der Waals surface area (Å²) in [5, 5.41) is 0. The van der Waals surface area contributed by atoms with Gasteiger partial charge in [-0.3, -0.25) is 9.78 Å². The van der Waals surface area contributed by atoms with Crippen LogP contribution in [0, 0.1) is 5.82 Å². The Labute approximate surface area is 118 Å². The minimum Gasteiger partial charge on any atom is -0.364 e. The van der Waals surface area contributed by atoms with E-state index in [1.165, 1.54) is 13.0 Å². The van der Waals surface area contributed by atoms with Crippen LogP contribution in [0.4, 0.5) is 10.1 Å². The summed E-state index contributed by atoms with van der Waals surface area (Å²) in [6, 6.07) is 10.3. The molecular formula is C16H17FN2O. The van der Waals surface area contributed by atoms with E-state index in [0.717, 1.165) is 5.69 Å². The van der Waals surface area contributed by atoms with E-state index in [1.807, 2.05) is 30.0 Å². The highest BCUT2D eigenvalue weighted by atomic mass is 19.1. The average molecular weight is 272 g/mol. The molecule has 3 nitrogen and oxygen atoms in total. The van der Waals surface area contributed by atoms with Crippen molar-refractivity contribution in [3.05, 3.63) is 59.7 Å². The second kappa shape index (κ2) is 6.28. The molecule has 0 saturated carbocycles. The predicted octanol–water partition coefficient (Wildman–Crippen LogP) is 3.45. The van der Waals surface area contributed by atoms with Crippen molar-refractivity contribution in [1.29, 1.82) is 0 Å². The molecule has 0 saturated heterocycles. The summed E-state index contributed by atoms with van der Waals surface area (Å²) < 4.78 is 14.1. The van der Waals surface area contributed by atoms with Gasteiger partial charge in [-0.15, -0.1) is 0 Å². The molecule has 0 aliphatic heterocycles. The van der Waals surface area contributed by atoms with Gasteiger partial charge in [-0.05, 0) is 44.2 Å². The first-order valence-corrected chi connectivity index (χ1v) is 6.57. The zero-order chi connectivity index (χ0) is 14.5. The van der Waals surface area contributed by atoms with Gasteiger partial charge in [0, 0.05) is 18.3 Å². The molecular weight excluding hydrogens is 255 g/mol. The largest absolute Gasteiger partial charge is 0.364 e. The van der Waals surface area contributed by atoms with Crippen LogP contribution >= 0.6 is 0 Å². The minimum absolute atomic E-state index is 0.136. The van der Waals surface area contributed by atoms with E-state index in [2.05, 4.69) is 4.98 Å². The Morgan fingerprint density at radius 1 is 1.30 bits per heavy atom. The summed E-state index contributed by atoms with van der Waals surface area (Å²) >= 11 is 0. The lowest BCUT2D eigenvalue weighted by molar-refractivity contribution is 0.101. The van der Waals surface area contributed by atoms with Crippen LogP contribution in [0.1, 0.15) is 29.9 Å². The fraction of sp³-hybridized carbons (Fsp3) is 0.250. The van der Waals surface area contributed by atoms with Crippen LogP contribution < -0.4 is 4.90 Å². The van der Waals surface area contributed by atoms with Gasteiger partial charge < -0.3 is 4.90 Å². The molecule has 2 aromatic rings. The van der Waals surface area contributed by atoms with E-state index >= 15 is 0 Å². The van der Waals surface area contributed by atoms with Crippen molar-refractivity contribution >= 4 is 11.5 Å². The lowest BCUT2D eigenvalue weighted by atomic mass is 10.1. The number of nitrogens with zero attached hydrogens (tertiary/aromatic N) is 2. The van der Waals surface area contributed by atoms with Gasteiger partial charge in [0.2, 0.25) is 0 Å². The third-order valence-corrected chi connectivity index (χ3v) is 3.16. The molecule has 0 aliphatic rings. The van der Waals surface area contributed by atoms with Crippen molar-refractivity contribution < 1.29 is 9.18 Å². The van der Waals surface area contributed by atoms with E-state index in [-0.39, 0.29) is 11.6 Å².